The Balaban J connectivity index is 1.42. The Kier molecular flexibility index (Phi) is 3.23. The molecule has 0 N–H and O–H groups in total. The van der Waals surface area contributed by atoms with Crippen LogP contribution in [0.25, 0.3) is 0 Å². The van der Waals surface area contributed by atoms with Crippen molar-refractivity contribution in [2.45, 2.75) is 31.5 Å². The molecule has 1 amide bonds. The van der Waals surface area contributed by atoms with Gasteiger partial charge in [-0.3, -0.25) is 14.7 Å². The Morgan fingerprint density at radius 2 is 2.00 bits per heavy atom. The van der Waals surface area contributed by atoms with Gasteiger partial charge >= 0.3 is 0 Å². The van der Waals surface area contributed by atoms with Crippen LogP contribution in [0.1, 0.15) is 34.9 Å². The molecule has 2 aromatic heterocycles. The zero-order valence-electron chi connectivity index (χ0n) is 13.7. The molecule has 24 heavy (non-hydrogen) atoms. The molecule has 2 aliphatic heterocycles. The molecule has 1 aliphatic carbocycles. The van der Waals surface area contributed by atoms with Gasteiger partial charge in [0.2, 0.25) is 0 Å². The lowest BCUT2D eigenvalue weighted by molar-refractivity contribution is 0.0565. The maximum Gasteiger partial charge on any atom is 0.270 e. The van der Waals surface area contributed by atoms with E-state index in [4.69, 9.17) is 0 Å². The Bertz CT molecular complexity index is 752. The zero-order valence-corrected chi connectivity index (χ0v) is 13.7. The quantitative estimate of drug-likeness (QED) is 0.866. The summed E-state index contributed by atoms with van der Waals surface area (Å²) in [6, 6.07) is 8.78. The highest BCUT2D eigenvalue weighted by Crippen LogP contribution is 2.38. The Morgan fingerprint density at radius 3 is 2.79 bits per heavy atom. The first-order valence-electron chi connectivity index (χ1n) is 8.88. The van der Waals surface area contributed by atoms with Crippen LogP contribution in [0.15, 0.2) is 42.9 Å². The van der Waals surface area contributed by atoms with Gasteiger partial charge in [0.25, 0.3) is 5.91 Å². The fourth-order valence-corrected chi connectivity index (χ4v) is 4.26. The lowest BCUT2D eigenvalue weighted by Gasteiger charge is -2.38. The fourth-order valence-electron chi connectivity index (χ4n) is 4.26. The number of carbonyl (C=O) groups excluding carboxylic acids is 1. The van der Waals surface area contributed by atoms with Crippen LogP contribution in [0.5, 0.6) is 0 Å². The number of nitrogens with zero attached hydrogens (tertiary/aromatic N) is 4. The third-order valence-electron chi connectivity index (χ3n) is 5.63. The minimum absolute atomic E-state index is 0.219. The van der Waals surface area contributed by atoms with Crippen molar-refractivity contribution >= 4 is 5.91 Å². The number of rotatable bonds is 4. The molecular weight excluding hydrogens is 300 g/mol. The summed E-state index contributed by atoms with van der Waals surface area (Å²) in [5, 5.41) is 0. The van der Waals surface area contributed by atoms with E-state index in [1.165, 1.54) is 18.4 Å². The monoisotopic (exact) mass is 322 g/mol. The number of likely N-dealkylation sites (tertiary alicyclic amines) is 1. The minimum Gasteiger partial charge on any atom is -0.337 e. The molecular formula is C19H22N4O. The van der Waals surface area contributed by atoms with Crippen molar-refractivity contribution < 1.29 is 4.79 Å². The van der Waals surface area contributed by atoms with Crippen LogP contribution in [-0.4, -0.2) is 50.9 Å². The summed E-state index contributed by atoms with van der Waals surface area (Å²) in [4.78, 5) is 21.8. The van der Waals surface area contributed by atoms with Gasteiger partial charge in [-0.1, -0.05) is 6.07 Å². The molecule has 2 fully saturated rings. The summed E-state index contributed by atoms with van der Waals surface area (Å²) in [6.45, 7) is 3.79. The first-order valence-corrected chi connectivity index (χ1v) is 8.88. The Morgan fingerprint density at radius 1 is 1.12 bits per heavy atom. The van der Waals surface area contributed by atoms with Gasteiger partial charge in [0.15, 0.2) is 0 Å². The van der Waals surface area contributed by atoms with Crippen LogP contribution in [0.4, 0.5) is 0 Å². The topological polar surface area (TPSA) is 41.4 Å². The smallest absolute Gasteiger partial charge is 0.270 e. The summed E-state index contributed by atoms with van der Waals surface area (Å²) < 4.78 is 2.21. The van der Waals surface area contributed by atoms with E-state index in [0.29, 0.717) is 12.1 Å². The lowest BCUT2D eigenvalue weighted by atomic mass is 10.1. The van der Waals surface area contributed by atoms with E-state index >= 15 is 0 Å². The van der Waals surface area contributed by atoms with E-state index in [1.807, 2.05) is 30.6 Å². The average Bonchev–Trinajstić information content (AvgIpc) is 3.11. The number of amides is 1. The van der Waals surface area contributed by atoms with Crippen molar-refractivity contribution in [3.05, 3.63) is 54.1 Å². The number of fused-ring (bicyclic) bond motifs is 3. The second-order valence-electron chi connectivity index (χ2n) is 7.39. The molecule has 5 heteroatoms. The molecule has 5 rings (SSSR count). The number of carbonyl (C=O) groups is 1. The predicted octanol–water partition coefficient (Wildman–Crippen LogP) is 2.17. The molecule has 124 valence electrons. The van der Waals surface area contributed by atoms with Crippen LogP contribution in [0.2, 0.25) is 0 Å². The minimum atomic E-state index is 0.219. The zero-order chi connectivity index (χ0) is 16.1. The van der Waals surface area contributed by atoms with E-state index in [9.17, 15) is 4.79 Å². The van der Waals surface area contributed by atoms with Gasteiger partial charge in [-0.25, -0.2) is 0 Å². The molecule has 0 radical (unpaired) electrons. The Labute approximate surface area is 141 Å². The standard InChI is InChI=1S/C19H22N4O/c24-19-16-4-2-8-22(16)17-12-21(10-15-3-1-7-20-9-15)13-18(17)23(19)11-14-5-6-14/h1-4,7-9,14,17-18H,5-6,10-13H2. The third-order valence-corrected chi connectivity index (χ3v) is 5.63. The summed E-state index contributed by atoms with van der Waals surface area (Å²) in [5.41, 5.74) is 2.10. The molecule has 0 bridgehead atoms. The van der Waals surface area contributed by atoms with Crippen molar-refractivity contribution in [1.29, 1.82) is 0 Å². The molecule has 2 aromatic rings. The van der Waals surface area contributed by atoms with Crippen LogP contribution in [-0.2, 0) is 6.54 Å². The predicted molar refractivity (Wildman–Crippen MR) is 90.5 cm³/mol. The normalized spacial score (nSPS) is 26.5. The van der Waals surface area contributed by atoms with Crippen LogP contribution in [0.3, 0.4) is 0 Å². The molecule has 4 heterocycles. The highest BCUT2D eigenvalue weighted by Gasteiger charge is 2.46. The maximum atomic E-state index is 12.9. The molecule has 0 aromatic carbocycles. The van der Waals surface area contributed by atoms with E-state index in [-0.39, 0.29) is 5.91 Å². The Hall–Kier alpha value is -2.14. The number of hydrogen-bond donors (Lipinski definition) is 0. The molecule has 5 nitrogen and oxygen atoms in total. The molecule has 1 saturated heterocycles. The molecule has 0 spiro atoms. The number of aromatic nitrogens is 2. The van der Waals surface area contributed by atoms with Crippen molar-refractivity contribution in [2.24, 2.45) is 5.92 Å². The van der Waals surface area contributed by atoms with Gasteiger partial charge in [0.1, 0.15) is 5.69 Å². The summed E-state index contributed by atoms with van der Waals surface area (Å²) in [7, 11) is 0. The van der Waals surface area contributed by atoms with E-state index in [1.54, 1.807) is 0 Å². The van der Waals surface area contributed by atoms with E-state index < -0.39 is 0 Å². The maximum absolute atomic E-state index is 12.9. The van der Waals surface area contributed by atoms with Crippen molar-refractivity contribution in [3.63, 3.8) is 0 Å². The van der Waals surface area contributed by atoms with Crippen molar-refractivity contribution in [3.8, 4) is 0 Å². The summed E-state index contributed by atoms with van der Waals surface area (Å²) in [6.07, 6.45) is 8.39. The van der Waals surface area contributed by atoms with Gasteiger partial charge in [-0.15, -0.1) is 0 Å². The summed E-state index contributed by atoms with van der Waals surface area (Å²) in [5.74, 6) is 0.944. The van der Waals surface area contributed by atoms with E-state index in [0.717, 1.165) is 37.8 Å². The van der Waals surface area contributed by atoms with Crippen molar-refractivity contribution in [1.82, 2.24) is 19.4 Å². The molecule has 3 aliphatic rings. The third kappa shape index (κ3) is 2.35. The fraction of sp³-hybridized carbons (Fsp3) is 0.474. The van der Waals surface area contributed by atoms with Crippen LogP contribution < -0.4 is 0 Å². The highest BCUT2D eigenvalue weighted by atomic mass is 16.2. The summed E-state index contributed by atoms with van der Waals surface area (Å²) >= 11 is 0. The first-order chi connectivity index (χ1) is 11.8. The van der Waals surface area contributed by atoms with Gasteiger partial charge in [-0.2, -0.15) is 0 Å². The van der Waals surface area contributed by atoms with Gasteiger partial charge < -0.3 is 9.47 Å². The molecule has 1 saturated carbocycles. The van der Waals surface area contributed by atoms with Crippen molar-refractivity contribution in [2.75, 3.05) is 19.6 Å². The van der Waals surface area contributed by atoms with Gasteiger partial charge in [0, 0.05) is 44.8 Å². The van der Waals surface area contributed by atoms with Gasteiger partial charge in [0.05, 0.1) is 12.1 Å². The van der Waals surface area contributed by atoms with Crippen LogP contribution in [0, 0.1) is 5.92 Å². The first kappa shape index (κ1) is 14.2. The lowest BCUT2D eigenvalue weighted by Crippen LogP contribution is -2.51. The largest absolute Gasteiger partial charge is 0.337 e. The van der Waals surface area contributed by atoms with Gasteiger partial charge in [-0.05, 0) is 42.5 Å². The molecule has 2 atom stereocenters. The second-order valence-corrected chi connectivity index (χ2v) is 7.39. The van der Waals surface area contributed by atoms with Crippen LogP contribution >= 0.6 is 0 Å². The average molecular weight is 322 g/mol. The number of pyridine rings is 1. The highest BCUT2D eigenvalue weighted by molar-refractivity contribution is 5.94. The SMILES string of the molecule is O=C1c2cccn2C2CN(Cc3cccnc3)CC2N1CC1CC1. The second kappa shape index (κ2) is 5.45. The number of hydrogen-bond acceptors (Lipinski definition) is 3. The van der Waals surface area contributed by atoms with E-state index in [2.05, 4.69) is 31.6 Å². The molecule has 2 unspecified atom stereocenters.